The van der Waals surface area contributed by atoms with E-state index in [0.29, 0.717) is 5.69 Å². The summed E-state index contributed by atoms with van der Waals surface area (Å²) < 4.78 is 3.78. The Morgan fingerprint density at radius 1 is 0.933 bits per heavy atom. The maximum atomic E-state index is 12.6. The summed E-state index contributed by atoms with van der Waals surface area (Å²) in [5.41, 5.74) is 5.41. The zero-order chi connectivity index (χ0) is 20.5. The van der Waals surface area contributed by atoms with Crippen LogP contribution in [0.5, 0.6) is 0 Å². The van der Waals surface area contributed by atoms with Gasteiger partial charge in [-0.25, -0.2) is 4.68 Å². The molecule has 6 heteroatoms. The van der Waals surface area contributed by atoms with Crippen molar-refractivity contribution in [1.29, 1.82) is 0 Å². The molecule has 0 aliphatic heterocycles. The zero-order valence-corrected chi connectivity index (χ0v) is 16.4. The summed E-state index contributed by atoms with van der Waals surface area (Å²) >= 11 is 0. The Kier molecular flexibility index (Phi) is 4.37. The first-order valence-corrected chi connectivity index (χ1v) is 9.63. The van der Waals surface area contributed by atoms with Crippen molar-refractivity contribution >= 4 is 17.1 Å². The lowest BCUT2D eigenvalue weighted by Gasteiger charge is -2.07. The van der Waals surface area contributed by atoms with Gasteiger partial charge < -0.3 is 9.72 Å². The van der Waals surface area contributed by atoms with E-state index in [1.165, 1.54) is 0 Å². The maximum absolute atomic E-state index is 12.6. The smallest absolute Gasteiger partial charge is 0.276 e. The highest BCUT2D eigenvalue weighted by Crippen LogP contribution is 2.22. The molecule has 0 unspecified atom stereocenters. The molecule has 0 saturated carbocycles. The highest BCUT2D eigenvalue weighted by molar-refractivity contribution is 6.02. The number of fused-ring (bicyclic) bond motifs is 1. The molecule has 30 heavy (non-hydrogen) atoms. The van der Waals surface area contributed by atoms with Gasteiger partial charge in [-0.3, -0.25) is 9.78 Å². The van der Waals surface area contributed by atoms with Gasteiger partial charge in [-0.05, 0) is 72.1 Å². The molecule has 5 aromatic rings. The number of rotatable bonds is 4. The molecule has 1 amide bonds. The van der Waals surface area contributed by atoms with Crippen LogP contribution in [0, 0.1) is 6.92 Å². The van der Waals surface area contributed by atoms with E-state index in [2.05, 4.69) is 38.1 Å². The van der Waals surface area contributed by atoms with Crippen molar-refractivity contribution in [3.8, 4) is 16.9 Å². The third kappa shape index (κ3) is 3.35. The first-order valence-electron chi connectivity index (χ1n) is 9.63. The van der Waals surface area contributed by atoms with Gasteiger partial charge in [0.05, 0.1) is 0 Å². The number of aromatic nitrogens is 4. The fourth-order valence-corrected chi connectivity index (χ4v) is 3.48. The van der Waals surface area contributed by atoms with E-state index in [-0.39, 0.29) is 5.91 Å². The molecule has 0 bridgehead atoms. The first-order chi connectivity index (χ1) is 14.7. The van der Waals surface area contributed by atoms with Gasteiger partial charge in [0.1, 0.15) is 5.82 Å². The van der Waals surface area contributed by atoms with Crippen molar-refractivity contribution in [2.45, 2.75) is 6.92 Å². The average molecular weight is 393 g/mol. The minimum absolute atomic E-state index is 0.238. The Labute approximate surface area is 173 Å². The van der Waals surface area contributed by atoms with Gasteiger partial charge in [0.2, 0.25) is 0 Å². The number of carbonyl (C=O) groups excluding carboxylic acids is 1. The highest BCUT2D eigenvalue weighted by Gasteiger charge is 2.13. The van der Waals surface area contributed by atoms with Gasteiger partial charge in [-0.2, -0.15) is 5.10 Å². The van der Waals surface area contributed by atoms with Gasteiger partial charge in [-0.1, -0.05) is 18.2 Å². The fourth-order valence-electron chi connectivity index (χ4n) is 3.48. The normalized spacial score (nSPS) is 11.0. The minimum atomic E-state index is -0.238. The molecule has 146 valence electrons. The van der Waals surface area contributed by atoms with Crippen LogP contribution >= 0.6 is 0 Å². The van der Waals surface area contributed by atoms with Gasteiger partial charge in [0.15, 0.2) is 5.69 Å². The molecule has 0 atom stereocenters. The molecule has 0 aliphatic carbocycles. The summed E-state index contributed by atoms with van der Waals surface area (Å²) in [5.74, 6) is 0.619. The summed E-state index contributed by atoms with van der Waals surface area (Å²) in [6, 6.07) is 21.5. The van der Waals surface area contributed by atoms with Crippen molar-refractivity contribution in [1.82, 2.24) is 19.2 Å². The van der Waals surface area contributed by atoms with Gasteiger partial charge in [0, 0.05) is 36.0 Å². The summed E-state index contributed by atoms with van der Waals surface area (Å²) in [6.45, 7) is 1.99. The second-order valence-electron chi connectivity index (χ2n) is 7.11. The molecule has 0 radical (unpaired) electrons. The Bertz CT molecular complexity index is 1350. The van der Waals surface area contributed by atoms with Crippen LogP contribution in [-0.4, -0.2) is 25.1 Å². The molecule has 0 saturated heterocycles. The van der Waals surface area contributed by atoms with Crippen LogP contribution in [0.15, 0.2) is 91.5 Å². The first kappa shape index (κ1) is 17.9. The molecular formula is C24H19N5O. The summed E-state index contributed by atoms with van der Waals surface area (Å²) in [4.78, 5) is 16.7. The maximum Gasteiger partial charge on any atom is 0.276 e. The van der Waals surface area contributed by atoms with Crippen molar-refractivity contribution in [2.75, 3.05) is 5.32 Å². The van der Waals surface area contributed by atoms with E-state index >= 15 is 0 Å². The molecule has 1 aromatic carbocycles. The number of aryl methyl sites for hydroxylation is 1. The topological polar surface area (TPSA) is 64.2 Å². The summed E-state index contributed by atoms with van der Waals surface area (Å²) in [6.07, 6.45) is 7.42. The Morgan fingerprint density at radius 3 is 2.60 bits per heavy atom. The molecule has 0 aliphatic rings. The van der Waals surface area contributed by atoms with Crippen LogP contribution in [0.2, 0.25) is 0 Å². The Balaban J connectivity index is 1.46. The Hall–Kier alpha value is -4.19. The molecule has 4 aromatic heterocycles. The van der Waals surface area contributed by atoms with Crippen molar-refractivity contribution < 1.29 is 4.79 Å². The van der Waals surface area contributed by atoms with Crippen molar-refractivity contribution in [3.05, 3.63) is 103 Å². The average Bonchev–Trinajstić information content (AvgIpc) is 3.41. The number of benzene rings is 1. The largest absolute Gasteiger partial charge is 0.321 e. The van der Waals surface area contributed by atoms with E-state index in [1.54, 1.807) is 29.3 Å². The zero-order valence-electron chi connectivity index (χ0n) is 16.4. The van der Waals surface area contributed by atoms with E-state index in [0.717, 1.165) is 33.7 Å². The fraction of sp³-hybridized carbons (Fsp3) is 0.0417. The Morgan fingerprint density at radius 2 is 1.77 bits per heavy atom. The third-order valence-electron chi connectivity index (χ3n) is 4.98. The van der Waals surface area contributed by atoms with E-state index < -0.39 is 0 Å². The standard InChI is InChI=1S/C24H19N5O/c1-17-3-2-4-20(15-17)26-24(30)22-11-14-29(27-22)23-8-7-21-6-5-19(16-28(21)23)18-9-12-25-13-10-18/h2-16H,1H3,(H,26,30). The lowest BCUT2D eigenvalue weighted by atomic mass is 10.1. The number of hydrogen-bond acceptors (Lipinski definition) is 3. The van der Waals surface area contributed by atoms with E-state index in [9.17, 15) is 4.79 Å². The minimum Gasteiger partial charge on any atom is -0.321 e. The van der Waals surface area contributed by atoms with Crippen molar-refractivity contribution in [3.63, 3.8) is 0 Å². The molecule has 0 fully saturated rings. The lowest BCUT2D eigenvalue weighted by Crippen LogP contribution is -2.13. The number of nitrogens with one attached hydrogen (secondary N) is 1. The van der Waals surface area contributed by atoms with Crippen LogP contribution in [0.25, 0.3) is 22.5 Å². The second kappa shape index (κ2) is 7.33. The van der Waals surface area contributed by atoms with Crippen LogP contribution < -0.4 is 5.32 Å². The van der Waals surface area contributed by atoms with Crippen LogP contribution in [0.3, 0.4) is 0 Å². The van der Waals surface area contributed by atoms with E-state index in [4.69, 9.17) is 0 Å². The highest BCUT2D eigenvalue weighted by atomic mass is 16.1. The molecule has 6 nitrogen and oxygen atoms in total. The number of anilines is 1. The summed E-state index contributed by atoms with van der Waals surface area (Å²) in [7, 11) is 0. The van der Waals surface area contributed by atoms with Gasteiger partial charge in [0.25, 0.3) is 5.91 Å². The third-order valence-corrected chi connectivity index (χ3v) is 4.98. The van der Waals surface area contributed by atoms with E-state index in [1.807, 2.05) is 55.5 Å². The number of nitrogens with zero attached hydrogens (tertiary/aromatic N) is 4. The van der Waals surface area contributed by atoms with Crippen LogP contribution in [0.4, 0.5) is 5.69 Å². The SMILES string of the molecule is Cc1cccc(NC(=O)c2ccn(-c3ccc4ccc(-c5ccncc5)cn34)n2)c1. The van der Waals surface area contributed by atoms with Gasteiger partial charge >= 0.3 is 0 Å². The number of hydrogen-bond donors (Lipinski definition) is 1. The van der Waals surface area contributed by atoms with Gasteiger partial charge in [-0.15, -0.1) is 0 Å². The molecule has 5 rings (SSSR count). The predicted octanol–water partition coefficient (Wildman–Crippen LogP) is 4.75. The number of amides is 1. The molecule has 0 spiro atoms. The monoisotopic (exact) mass is 393 g/mol. The number of carbonyl (C=O) groups is 1. The quantitative estimate of drug-likeness (QED) is 0.479. The van der Waals surface area contributed by atoms with Crippen LogP contribution in [-0.2, 0) is 0 Å². The summed E-state index contributed by atoms with van der Waals surface area (Å²) in [5, 5.41) is 7.40. The predicted molar refractivity (Wildman–Crippen MR) is 117 cm³/mol. The lowest BCUT2D eigenvalue weighted by molar-refractivity contribution is 0.102. The number of pyridine rings is 2. The molecular weight excluding hydrogens is 374 g/mol. The second-order valence-corrected chi connectivity index (χ2v) is 7.11. The van der Waals surface area contributed by atoms with Crippen LogP contribution in [0.1, 0.15) is 16.1 Å². The molecule has 4 heterocycles. The van der Waals surface area contributed by atoms with Crippen molar-refractivity contribution in [2.24, 2.45) is 0 Å². The molecule has 1 N–H and O–H groups in total.